The zero-order chi connectivity index (χ0) is 43.6. The number of hydrogen-bond donors (Lipinski definition) is 0. The van der Waals surface area contributed by atoms with Gasteiger partial charge >= 0.3 is 60.5 Å². The Morgan fingerprint density at radius 1 is 0.597 bits per heavy atom. The number of fused-ring (bicyclic) bond motifs is 12. The quantitative estimate of drug-likeness (QED) is 0.127. The van der Waals surface area contributed by atoms with E-state index in [0.29, 0.717) is 11.8 Å². The minimum atomic E-state index is 0. The largest absolute Gasteiger partial charge is 2.00 e. The normalized spacial score (nSPS) is 29.8. The molecular weight excluding hydrogens is 1140 g/mol. The summed E-state index contributed by atoms with van der Waals surface area (Å²) in [5.41, 5.74) is 1.48. The van der Waals surface area contributed by atoms with Gasteiger partial charge in [-0.05, 0) is 78.4 Å². The van der Waals surface area contributed by atoms with E-state index in [2.05, 4.69) is 128 Å². The molecule has 6 rings (SSSR count). The maximum Gasteiger partial charge on any atom is 2.00 e. The first-order chi connectivity index (χ1) is 28.8. The number of rotatable bonds is 15. The molecule has 2 bridgehead atoms. The molecule has 0 aromatic heterocycles. The second-order valence-electron chi connectivity index (χ2n) is 20.4. The van der Waals surface area contributed by atoms with Gasteiger partial charge in [0.1, 0.15) is 0 Å². The first-order valence-corrected chi connectivity index (χ1v) is 27.5. The van der Waals surface area contributed by atoms with Crippen molar-refractivity contribution in [2.75, 3.05) is 0 Å². The molecule has 0 amide bonds. The Bertz CT molecular complexity index is 1150. The molecule has 5 fully saturated rings. The minimum absolute atomic E-state index is 0. The Hall–Kier alpha value is 3.06. The van der Waals surface area contributed by atoms with Crippen LogP contribution in [0.5, 0.6) is 0 Å². The third-order valence-electron chi connectivity index (χ3n) is 16.7. The summed E-state index contributed by atoms with van der Waals surface area (Å²) in [4.78, 5) is 0. The van der Waals surface area contributed by atoms with Crippen molar-refractivity contribution >= 4 is 59.8 Å². The van der Waals surface area contributed by atoms with Gasteiger partial charge in [-0.1, -0.05) is 233 Å². The molecule has 0 spiro atoms. The molecule has 0 saturated heterocycles. The zero-order valence-electron chi connectivity index (χ0n) is 45.5. The molecule has 0 nitrogen and oxygen atoms in total. The number of benzene rings is 1. The van der Waals surface area contributed by atoms with Crippen LogP contribution in [0.2, 0.25) is 0 Å². The Kier molecular flexibility index (Phi) is 64.2. The van der Waals surface area contributed by atoms with Gasteiger partial charge in [-0.2, -0.15) is 32.3 Å². The molecule has 5 aliphatic rings. The molecule has 390 valence electrons. The fourth-order valence-electron chi connectivity index (χ4n) is 13.4. The van der Waals surface area contributed by atoms with Gasteiger partial charge < -0.3 is 48.0 Å². The molecule has 4 radical (unpaired) electrons. The SMILES string of the molecule is C.S.S=S.[CH2-]C.[CH2-]C1CCCCC(CCC)CCC2C(C)C(CCCCC3C(CCC)C(C)C3CC1)C2CCC.[CH2-]C1[CH-]C(Cc2ccccc2)C1CCC(CCC)CCC.[CH3-].[CH3-].[Mn+2].[SnH2].[Y].[Zn+2]. The molecule has 7 heteroatoms. The van der Waals surface area contributed by atoms with Gasteiger partial charge in [0.15, 0.2) is 0 Å². The van der Waals surface area contributed by atoms with E-state index in [-0.39, 0.29) is 129 Å². The second kappa shape index (κ2) is 51.2. The summed E-state index contributed by atoms with van der Waals surface area (Å²) in [5, 5.41) is 0. The van der Waals surface area contributed by atoms with Crippen molar-refractivity contribution < 1.29 is 69.3 Å². The molecular formula is C60H114MnS3SnYZn-2. The Labute approximate surface area is 507 Å². The summed E-state index contributed by atoms with van der Waals surface area (Å²) in [5.74, 6) is 13.0. The topological polar surface area (TPSA) is 0 Å². The van der Waals surface area contributed by atoms with Crippen LogP contribution in [-0.4, -0.2) is 23.9 Å². The van der Waals surface area contributed by atoms with E-state index < -0.39 is 0 Å². The van der Waals surface area contributed by atoms with E-state index in [1.807, 2.05) is 0 Å². The fourth-order valence-corrected chi connectivity index (χ4v) is 13.4. The Balaban J connectivity index is -0.000000192. The fraction of sp³-hybridized carbons (Fsp3) is 0.800. The summed E-state index contributed by atoms with van der Waals surface area (Å²) in [6, 6.07) is 10.9. The third kappa shape index (κ3) is 29.2. The summed E-state index contributed by atoms with van der Waals surface area (Å²) >= 11 is 7.33. The molecule has 5 aliphatic carbocycles. The Morgan fingerprint density at radius 3 is 1.63 bits per heavy atom. The summed E-state index contributed by atoms with van der Waals surface area (Å²) in [7, 11) is 0. The minimum Gasteiger partial charge on any atom is 0 e. The molecule has 13 unspecified atom stereocenters. The monoisotopic (exact) mass is 1260 g/mol. The van der Waals surface area contributed by atoms with Crippen LogP contribution in [0.1, 0.15) is 222 Å². The molecule has 0 aliphatic heterocycles. The van der Waals surface area contributed by atoms with Crippen LogP contribution < -0.4 is 0 Å². The van der Waals surface area contributed by atoms with Crippen molar-refractivity contribution in [3.05, 3.63) is 77.9 Å². The van der Waals surface area contributed by atoms with Crippen LogP contribution >= 0.6 is 13.5 Å². The second-order valence-corrected chi connectivity index (χ2v) is 20.4. The van der Waals surface area contributed by atoms with E-state index in [4.69, 9.17) is 0 Å². The molecule has 1 aromatic carbocycles. The van der Waals surface area contributed by atoms with Crippen LogP contribution in [0, 0.1) is 125 Å². The van der Waals surface area contributed by atoms with Crippen LogP contribution in [0.25, 0.3) is 0 Å². The number of hydrogen-bond acceptors (Lipinski definition) is 2. The van der Waals surface area contributed by atoms with Gasteiger partial charge in [-0.25, -0.2) is 0 Å². The van der Waals surface area contributed by atoms with Crippen molar-refractivity contribution in [1.82, 2.24) is 0 Å². The molecule has 5 saturated carbocycles. The van der Waals surface area contributed by atoms with Crippen molar-refractivity contribution in [2.45, 2.75) is 223 Å². The standard InChI is InChI=1S/C34H63.C21H32.C2H5.CH4.2CH3.Mn.S2.H2S.Sn.Y.Zn.2H/c1-7-14-28-18-11-10-17-25(4)21-23-31-26(5)29(15-8-2)34(31)20-13-12-19-30-27(6)32(24-22-28)33(30)16-9-3;1-4-9-18(10-5-2)13-14-21-17(3)15-20(21)16-19-11-7-6-8-12-19;1-2;;;;;1-2;;;;;;/h25-34H,4,7-24H2,1-3,5-6H3;6-8,11-12,15,17-18,20-21H,3-5,9-10,13-14,16H2,1-2H3;1H2,2H3;1H4;2*1H3;;;1H2;;;;;/q-1;-2;-1;;2*-1;+2;;;;;+2;;. The molecule has 13 atom stereocenters. The van der Waals surface area contributed by atoms with Crippen LogP contribution in [-0.2, 0) is 98.1 Å². The molecule has 67 heavy (non-hydrogen) atoms. The van der Waals surface area contributed by atoms with Crippen molar-refractivity contribution in [3.63, 3.8) is 0 Å². The van der Waals surface area contributed by atoms with Crippen molar-refractivity contribution in [1.29, 1.82) is 0 Å². The van der Waals surface area contributed by atoms with Gasteiger partial charge in [0.2, 0.25) is 0 Å². The van der Waals surface area contributed by atoms with Gasteiger partial charge in [-0.15, -0.1) is 5.92 Å². The van der Waals surface area contributed by atoms with Crippen molar-refractivity contribution in [3.8, 4) is 0 Å². The summed E-state index contributed by atoms with van der Waals surface area (Å²) in [6.45, 7) is 31.1. The summed E-state index contributed by atoms with van der Waals surface area (Å²) < 4.78 is 0. The molecule has 0 heterocycles. The van der Waals surface area contributed by atoms with E-state index >= 15 is 0 Å². The molecule has 0 N–H and O–H groups in total. The van der Waals surface area contributed by atoms with E-state index in [1.165, 1.54) is 166 Å². The first kappa shape index (κ1) is 84.0. The van der Waals surface area contributed by atoms with Gasteiger partial charge in [-0.3, -0.25) is 0 Å². The Morgan fingerprint density at radius 2 is 1.09 bits per heavy atom. The van der Waals surface area contributed by atoms with Crippen molar-refractivity contribution in [2.24, 2.45) is 82.9 Å². The predicted octanol–water partition coefficient (Wildman–Crippen LogP) is 18.8. The maximum atomic E-state index is 4.61. The van der Waals surface area contributed by atoms with Crippen LogP contribution in [0.4, 0.5) is 0 Å². The smallest absolute Gasteiger partial charge is 0 e. The van der Waals surface area contributed by atoms with Gasteiger partial charge in [0, 0.05) is 55.1 Å². The average Bonchev–Trinajstić information content (AvgIpc) is 3.25. The van der Waals surface area contributed by atoms with E-state index in [1.54, 1.807) is 6.92 Å². The van der Waals surface area contributed by atoms with Gasteiger partial charge in [0.25, 0.3) is 0 Å². The van der Waals surface area contributed by atoms with Crippen LogP contribution in [0.3, 0.4) is 0 Å². The third-order valence-corrected chi connectivity index (χ3v) is 16.7. The predicted molar refractivity (Wildman–Crippen MR) is 309 cm³/mol. The van der Waals surface area contributed by atoms with E-state index in [9.17, 15) is 0 Å². The molecule has 1 aromatic rings. The first-order valence-electron chi connectivity index (χ1n) is 26.2. The maximum absolute atomic E-state index is 4.61. The van der Waals surface area contributed by atoms with Crippen LogP contribution in [0.15, 0.2) is 30.3 Å². The van der Waals surface area contributed by atoms with Gasteiger partial charge in [0.05, 0.1) is 0 Å². The zero-order valence-corrected chi connectivity index (χ0v) is 59.2. The average molecular weight is 1260 g/mol. The summed E-state index contributed by atoms with van der Waals surface area (Å²) in [6.07, 6.45) is 38.3. The van der Waals surface area contributed by atoms with E-state index in [0.717, 1.165) is 71.0 Å².